The lowest BCUT2D eigenvalue weighted by molar-refractivity contribution is -0.140. The van der Waals surface area contributed by atoms with Crippen molar-refractivity contribution < 1.29 is 30.0 Å². The van der Waals surface area contributed by atoms with Gasteiger partial charge < -0.3 is 26.2 Å². The summed E-state index contributed by atoms with van der Waals surface area (Å²) in [6.45, 7) is 3.75. The zero-order valence-electron chi connectivity index (χ0n) is 9.41. The molecule has 4 atom stereocenters. The van der Waals surface area contributed by atoms with Crippen LogP contribution in [0, 0.1) is 0 Å². The fourth-order valence-electron chi connectivity index (χ4n) is 1.06. The molecule has 0 saturated heterocycles. The second-order valence-corrected chi connectivity index (χ2v) is 3.73. The molecule has 0 rings (SSSR count). The Morgan fingerprint density at radius 2 is 1.71 bits per heavy atom. The summed E-state index contributed by atoms with van der Waals surface area (Å²) in [4.78, 5) is 22.6. The van der Waals surface area contributed by atoms with Gasteiger partial charge in [0.15, 0.2) is 0 Å². The number of Topliss-reactive ketones (excluding diaryl/α,β-unsaturated/α-hetero) is 2. The van der Waals surface area contributed by atoms with E-state index in [0.717, 1.165) is 0 Å². The lowest BCUT2D eigenvalue weighted by Gasteiger charge is -2.25. The summed E-state index contributed by atoms with van der Waals surface area (Å²) in [7, 11) is 0. The van der Waals surface area contributed by atoms with Gasteiger partial charge in [0.05, 0.1) is 6.61 Å². The molecule has 7 heteroatoms. The summed E-state index contributed by atoms with van der Waals surface area (Å²) >= 11 is 0. The highest BCUT2D eigenvalue weighted by Gasteiger charge is 2.35. The predicted octanol–water partition coefficient (Wildman–Crippen LogP) is -2.90. The van der Waals surface area contributed by atoms with Crippen LogP contribution < -0.4 is 5.73 Å². The van der Waals surface area contributed by atoms with Crippen molar-refractivity contribution in [2.24, 2.45) is 5.73 Å². The van der Waals surface area contributed by atoms with Gasteiger partial charge in [-0.15, -0.1) is 0 Å². The molecule has 7 nitrogen and oxygen atoms in total. The second kappa shape index (κ2) is 6.58. The molecule has 0 aromatic rings. The van der Waals surface area contributed by atoms with E-state index in [9.17, 15) is 19.8 Å². The summed E-state index contributed by atoms with van der Waals surface area (Å²) in [6, 6.07) is -1.68. The van der Waals surface area contributed by atoms with Gasteiger partial charge in [-0.2, -0.15) is 0 Å². The third kappa shape index (κ3) is 3.99. The summed E-state index contributed by atoms with van der Waals surface area (Å²) in [6.07, 6.45) is -5.33. The van der Waals surface area contributed by atoms with Gasteiger partial charge in [-0.1, -0.05) is 6.58 Å². The van der Waals surface area contributed by atoms with E-state index in [1.807, 2.05) is 0 Å². The van der Waals surface area contributed by atoms with Gasteiger partial charge in [0.2, 0.25) is 11.6 Å². The summed E-state index contributed by atoms with van der Waals surface area (Å²) in [5.41, 5.74) is 5.23. The van der Waals surface area contributed by atoms with Gasteiger partial charge in [0, 0.05) is 0 Å². The van der Waals surface area contributed by atoms with Gasteiger partial charge in [-0.25, -0.2) is 0 Å². The Kier molecular flexibility index (Phi) is 6.14. The minimum Gasteiger partial charge on any atom is -0.394 e. The molecule has 0 aromatic carbocycles. The zero-order chi connectivity index (χ0) is 13.7. The number of hydrogen-bond donors (Lipinski definition) is 5. The third-order valence-electron chi connectivity index (χ3n) is 2.21. The molecule has 0 amide bonds. The van der Waals surface area contributed by atoms with Crippen molar-refractivity contribution in [1.29, 1.82) is 0 Å². The molecular weight excluding hydrogens is 230 g/mol. The first kappa shape index (κ1) is 15.9. The lowest BCUT2D eigenvalue weighted by Crippen LogP contribution is -2.54. The molecule has 0 spiro atoms. The highest BCUT2D eigenvalue weighted by Crippen LogP contribution is 2.06. The Labute approximate surface area is 98.2 Å². The van der Waals surface area contributed by atoms with Crippen molar-refractivity contribution in [3.05, 3.63) is 12.2 Å². The monoisotopic (exact) mass is 247 g/mol. The first-order valence-corrected chi connectivity index (χ1v) is 4.88. The maximum absolute atomic E-state index is 11.4. The Morgan fingerprint density at radius 3 is 2.06 bits per heavy atom. The Bertz CT molecular complexity index is 316. The van der Waals surface area contributed by atoms with Crippen molar-refractivity contribution in [2.75, 3.05) is 6.61 Å². The number of carbonyl (C=O) groups is 2. The SMILES string of the molecule is C=C(C)C(=O)C(=O)[C@H](N)[C@@H](O)[C@H](O)[C@H](O)CO. The fraction of sp³-hybridized carbons (Fsp3) is 0.600. The maximum atomic E-state index is 11.4. The number of ketones is 2. The number of rotatable bonds is 7. The molecule has 0 aliphatic heterocycles. The molecule has 0 unspecified atom stereocenters. The van der Waals surface area contributed by atoms with Gasteiger partial charge in [-0.05, 0) is 12.5 Å². The number of hydrogen-bond acceptors (Lipinski definition) is 7. The molecule has 6 N–H and O–H groups in total. The van der Waals surface area contributed by atoms with E-state index in [4.69, 9.17) is 15.9 Å². The van der Waals surface area contributed by atoms with Crippen molar-refractivity contribution in [1.82, 2.24) is 0 Å². The molecule has 0 aromatic heterocycles. The summed E-state index contributed by atoms with van der Waals surface area (Å²) < 4.78 is 0. The summed E-state index contributed by atoms with van der Waals surface area (Å²) in [5.74, 6) is -2.07. The van der Waals surface area contributed by atoms with E-state index in [0.29, 0.717) is 0 Å². The van der Waals surface area contributed by atoms with E-state index in [-0.39, 0.29) is 5.57 Å². The van der Waals surface area contributed by atoms with Gasteiger partial charge in [-0.3, -0.25) is 9.59 Å². The lowest BCUT2D eigenvalue weighted by atomic mass is 9.95. The van der Waals surface area contributed by atoms with Crippen LogP contribution in [0.5, 0.6) is 0 Å². The molecule has 0 saturated carbocycles. The average molecular weight is 247 g/mol. The third-order valence-corrected chi connectivity index (χ3v) is 2.21. The van der Waals surface area contributed by atoms with Gasteiger partial charge in [0.25, 0.3) is 0 Å². The van der Waals surface area contributed by atoms with Crippen LogP contribution >= 0.6 is 0 Å². The molecular formula is C10H17NO6. The van der Waals surface area contributed by atoms with Crippen LogP contribution in [0.4, 0.5) is 0 Å². The Morgan fingerprint density at radius 1 is 1.24 bits per heavy atom. The van der Waals surface area contributed by atoms with E-state index < -0.39 is 42.5 Å². The number of allylic oxidation sites excluding steroid dienone is 1. The molecule has 0 radical (unpaired) electrons. The number of nitrogens with two attached hydrogens (primary N) is 1. The maximum Gasteiger partial charge on any atom is 0.225 e. The van der Waals surface area contributed by atoms with E-state index >= 15 is 0 Å². The van der Waals surface area contributed by atoms with Crippen LogP contribution in [-0.4, -0.2) is 63.0 Å². The van der Waals surface area contributed by atoms with Gasteiger partial charge in [0.1, 0.15) is 24.4 Å². The minimum absolute atomic E-state index is 0.0464. The molecule has 0 aliphatic rings. The van der Waals surface area contributed by atoms with E-state index in [1.165, 1.54) is 6.92 Å². The van der Waals surface area contributed by atoms with Crippen molar-refractivity contribution in [2.45, 2.75) is 31.3 Å². The molecule has 0 aliphatic carbocycles. The van der Waals surface area contributed by atoms with Crippen LogP contribution in [0.2, 0.25) is 0 Å². The highest BCUT2D eigenvalue weighted by atomic mass is 16.4. The van der Waals surface area contributed by atoms with Crippen molar-refractivity contribution in [3.63, 3.8) is 0 Å². The first-order chi connectivity index (χ1) is 7.73. The normalized spacial score (nSPS) is 18.0. The molecule has 0 bridgehead atoms. The van der Waals surface area contributed by atoms with Crippen molar-refractivity contribution in [3.8, 4) is 0 Å². The molecule has 17 heavy (non-hydrogen) atoms. The van der Waals surface area contributed by atoms with E-state index in [1.54, 1.807) is 0 Å². The van der Waals surface area contributed by atoms with Gasteiger partial charge >= 0.3 is 0 Å². The molecule has 0 fully saturated rings. The van der Waals surface area contributed by atoms with Crippen LogP contribution in [0.25, 0.3) is 0 Å². The fourth-order valence-corrected chi connectivity index (χ4v) is 1.06. The summed E-state index contributed by atoms with van der Waals surface area (Å²) in [5, 5.41) is 36.3. The minimum atomic E-state index is -1.85. The quantitative estimate of drug-likeness (QED) is 0.240. The van der Waals surface area contributed by atoms with Crippen LogP contribution in [0.3, 0.4) is 0 Å². The van der Waals surface area contributed by atoms with Crippen LogP contribution in [0.15, 0.2) is 12.2 Å². The predicted molar refractivity (Wildman–Crippen MR) is 57.9 cm³/mol. The highest BCUT2D eigenvalue weighted by molar-refractivity contribution is 6.45. The number of carbonyl (C=O) groups excluding carboxylic acids is 2. The topological polar surface area (TPSA) is 141 Å². The molecule has 0 heterocycles. The van der Waals surface area contributed by atoms with E-state index in [2.05, 4.69) is 6.58 Å². The van der Waals surface area contributed by atoms with Crippen molar-refractivity contribution >= 4 is 11.6 Å². The van der Waals surface area contributed by atoms with Crippen LogP contribution in [0.1, 0.15) is 6.92 Å². The number of aliphatic hydroxyl groups is 4. The van der Waals surface area contributed by atoms with Crippen LogP contribution in [-0.2, 0) is 9.59 Å². The average Bonchev–Trinajstić information content (AvgIpc) is 2.32. The Hall–Kier alpha value is -1.12. The smallest absolute Gasteiger partial charge is 0.225 e. The molecule has 98 valence electrons. The standard InChI is InChI=1S/C10H17NO6/c1-4(2)7(14)9(16)6(11)10(17)8(15)5(13)3-12/h5-6,8,10,12-13,15,17H,1,3,11H2,2H3/t5-,6+,8-,10-/m1/s1. The zero-order valence-corrected chi connectivity index (χ0v) is 9.41. The first-order valence-electron chi connectivity index (χ1n) is 4.88. The largest absolute Gasteiger partial charge is 0.394 e. The Balaban J connectivity index is 4.70. The number of aliphatic hydroxyl groups excluding tert-OH is 4. The second-order valence-electron chi connectivity index (χ2n) is 3.73.